The van der Waals surface area contributed by atoms with Gasteiger partial charge in [-0.3, -0.25) is 4.57 Å². The minimum atomic E-state index is -3.93. The van der Waals surface area contributed by atoms with Gasteiger partial charge in [0.05, 0.1) is 18.5 Å². The molecule has 0 saturated heterocycles. The zero-order valence-electron chi connectivity index (χ0n) is 19.9. The number of hydrogen-bond donors (Lipinski definition) is 4. The Kier molecular flexibility index (Phi) is 9.78. The van der Waals surface area contributed by atoms with Crippen LogP contribution in [-0.2, 0) is 17.5 Å². The van der Waals surface area contributed by atoms with Crippen LogP contribution >= 0.6 is 7.60 Å². The van der Waals surface area contributed by atoms with Gasteiger partial charge < -0.3 is 29.6 Å². The average Bonchev–Trinajstić information content (AvgIpc) is 3.32. The van der Waals surface area contributed by atoms with Crippen LogP contribution in [0.1, 0.15) is 37.8 Å². The lowest BCUT2D eigenvalue weighted by atomic mass is 10.1. The van der Waals surface area contributed by atoms with Crippen LogP contribution in [-0.4, -0.2) is 35.1 Å². The van der Waals surface area contributed by atoms with Gasteiger partial charge in [0.2, 0.25) is 0 Å². The Morgan fingerprint density at radius 1 is 1.00 bits per heavy atom. The minimum absolute atomic E-state index is 0.101. The topological polar surface area (TPSA) is 104 Å². The number of nitrogens with one attached hydrogen (secondary N) is 2. The number of benzene rings is 2. The fraction of sp³-hybridized carbons (Fsp3) is 0.385. The van der Waals surface area contributed by atoms with Gasteiger partial charge in [0, 0.05) is 24.3 Å². The van der Waals surface area contributed by atoms with E-state index < -0.39 is 7.60 Å². The van der Waals surface area contributed by atoms with Gasteiger partial charge in [-0.25, -0.2) is 0 Å². The Morgan fingerprint density at radius 3 is 2.44 bits per heavy atom. The molecule has 0 atom stereocenters. The van der Waals surface area contributed by atoms with E-state index in [2.05, 4.69) is 41.0 Å². The maximum atomic E-state index is 11.0. The molecule has 0 aliphatic carbocycles. The molecule has 0 radical (unpaired) electrons. The van der Waals surface area contributed by atoms with Gasteiger partial charge in [-0.15, -0.1) is 0 Å². The molecule has 2 aromatic carbocycles. The van der Waals surface area contributed by atoms with E-state index >= 15 is 0 Å². The molecule has 0 spiro atoms. The van der Waals surface area contributed by atoms with Crippen molar-refractivity contribution in [2.24, 2.45) is 0 Å². The van der Waals surface area contributed by atoms with Crippen LogP contribution in [0.3, 0.4) is 0 Å². The molecule has 0 bridgehead atoms. The summed E-state index contributed by atoms with van der Waals surface area (Å²) >= 11 is 0. The van der Waals surface area contributed by atoms with Gasteiger partial charge in [-0.1, -0.05) is 18.2 Å². The fourth-order valence-electron chi connectivity index (χ4n) is 3.66. The van der Waals surface area contributed by atoms with Gasteiger partial charge in [0.15, 0.2) is 0 Å². The molecule has 34 heavy (non-hydrogen) atoms. The Morgan fingerprint density at radius 2 is 1.76 bits per heavy atom. The highest BCUT2D eigenvalue weighted by Crippen LogP contribution is 2.34. The summed E-state index contributed by atoms with van der Waals surface area (Å²) in [7, 11) is -3.93. The third kappa shape index (κ3) is 8.99. The summed E-state index contributed by atoms with van der Waals surface area (Å²) in [6.07, 6.45) is 4.14. The summed E-state index contributed by atoms with van der Waals surface area (Å²) < 4.78 is 22.3. The molecule has 1 aromatic heterocycles. The summed E-state index contributed by atoms with van der Waals surface area (Å²) in [6, 6.07) is 18.3. The molecule has 0 saturated carbocycles. The first-order valence-corrected chi connectivity index (χ1v) is 13.5. The van der Waals surface area contributed by atoms with E-state index in [1.807, 2.05) is 38.1 Å². The molecular formula is C26H35N2O5P. The summed E-state index contributed by atoms with van der Waals surface area (Å²) in [6.45, 7) is 6.04. The van der Waals surface area contributed by atoms with Crippen molar-refractivity contribution in [1.82, 2.24) is 5.32 Å². The van der Waals surface area contributed by atoms with Crippen molar-refractivity contribution in [2.75, 3.05) is 24.6 Å². The van der Waals surface area contributed by atoms with Crippen LogP contribution in [0.25, 0.3) is 11.3 Å². The zero-order valence-corrected chi connectivity index (χ0v) is 20.8. The molecular weight excluding hydrogens is 451 g/mol. The van der Waals surface area contributed by atoms with Crippen molar-refractivity contribution in [3.63, 3.8) is 0 Å². The fourth-order valence-corrected chi connectivity index (χ4v) is 4.23. The lowest BCUT2D eigenvalue weighted by Crippen LogP contribution is -2.16. The van der Waals surface area contributed by atoms with E-state index in [-0.39, 0.29) is 12.3 Å². The zero-order chi connectivity index (χ0) is 24.4. The van der Waals surface area contributed by atoms with Crippen molar-refractivity contribution >= 4 is 13.3 Å². The number of ether oxygens (including phenoxy) is 1. The van der Waals surface area contributed by atoms with Gasteiger partial charge in [-0.2, -0.15) is 0 Å². The molecule has 0 unspecified atom stereocenters. The molecule has 0 amide bonds. The minimum Gasteiger partial charge on any atom is -0.491 e. The predicted molar refractivity (Wildman–Crippen MR) is 136 cm³/mol. The van der Waals surface area contributed by atoms with E-state index in [4.69, 9.17) is 18.9 Å². The van der Waals surface area contributed by atoms with Gasteiger partial charge in [-0.05, 0) is 87.2 Å². The van der Waals surface area contributed by atoms with Crippen molar-refractivity contribution in [3.05, 3.63) is 72.0 Å². The highest BCUT2D eigenvalue weighted by atomic mass is 31.2. The first-order valence-electron chi connectivity index (χ1n) is 11.7. The Bertz CT molecular complexity index is 1050. The molecule has 7 nitrogen and oxygen atoms in total. The summed E-state index contributed by atoms with van der Waals surface area (Å²) in [5.74, 6) is 1.70. The van der Waals surface area contributed by atoms with Crippen molar-refractivity contribution < 1.29 is 23.5 Å². The lowest BCUT2D eigenvalue weighted by Gasteiger charge is -2.14. The molecule has 0 aliphatic rings. The van der Waals surface area contributed by atoms with Crippen LogP contribution in [0.4, 0.5) is 5.69 Å². The van der Waals surface area contributed by atoms with E-state index in [1.54, 1.807) is 6.26 Å². The summed E-state index contributed by atoms with van der Waals surface area (Å²) in [5.41, 5.74) is 4.37. The van der Waals surface area contributed by atoms with E-state index in [1.165, 1.54) is 5.56 Å². The largest absolute Gasteiger partial charge is 0.491 e. The molecule has 8 heteroatoms. The molecule has 0 fully saturated rings. The van der Waals surface area contributed by atoms with E-state index in [0.717, 1.165) is 47.7 Å². The monoisotopic (exact) mass is 486 g/mol. The summed E-state index contributed by atoms with van der Waals surface area (Å²) in [5, 5.41) is 6.79. The van der Waals surface area contributed by atoms with Crippen LogP contribution in [0, 0.1) is 0 Å². The first kappa shape index (κ1) is 26.0. The number of anilines is 1. The second kappa shape index (κ2) is 12.8. The second-order valence-corrected chi connectivity index (χ2v) is 10.4. The Balaban J connectivity index is 1.52. The van der Waals surface area contributed by atoms with E-state index in [9.17, 15) is 4.57 Å². The van der Waals surface area contributed by atoms with Gasteiger partial charge in [0.1, 0.15) is 11.5 Å². The molecule has 3 aromatic rings. The first-order chi connectivity index (χ1) is 16.3. The van der Waals surface area contributed by atoms with Crippen LogP contribution in [0.2, 0.25) is 0 Å². The van der Waals surface area contributed by atoms with E-state index in [0.29, 0.717) is 19.5 Å². The number of rotatable bonds is 14. The van der Waals surface area contributed by atoms with Crippen LogP contribution < -0.4 is 15.4 Å². The number of furan rings is 1. The van der Waals surface area contributed by atoms with Gasteiger partial charge in [0.25, 0.3) is 0 Å². The van der Waals surface area contributed by atoms with Crippen LogP contribution in [0.5, 0.6) is 5.75 Å². The highest BCUT2D eigenvalue weighted by Gasteiger charge is 2.12. The summed E-state index contributed by atoms with van der Waals surface area (Å²) in [4.78, 5) is 17.9. The third-order valence-electron chi connectivity index (χ3n) is 5.26. The Hall–Kier alpha value is -2.57. The third-order valence-corrected chi connectivity index (χ3v) is 6.15. The van der Waals surface area contributed by atoms with Crippen molar-refractivity contribution in [3.8, 4) is 17.1 Å². The molecule has 4 N–H and O–H groups in total. The molecule has 1 heterocycles. The maximum Gasteiger partial charge on any atom is 0.325 e. The molecule has 184 valence electrons. The maximum absolute atomic E-state index is 11.0. The SMILES string of the molecule is CC(C)Oc1ccc(CCCNc2ccc(CNCCCP(=O)(O)O)cc2-c2ccco2)cc1. The highest BCUT2D eigenvalue weighted by molar-refractivity contribution is 7.51. The standard InChI is InChI=1S/C26H35N2O5P/c1-20(2)33-23-11-8-21(9-12-23)6-3-15-28-25-13-10-22(18-24(25)26-7-4-16-32-26)19-27-14-5-17-34(29,30)31/h4,7-13,16,18,20,27-28H,3,5-6,14-15,17,19H2,1-2H3,(H2,29,30,31). The normalized spacial score (nSPS) is 11.7. The van der Waals surface area contributed by atoms with Gasteiger partial charge >= 0.3 is 7.60 Å². The smallest absolute Gasteiger partial charge is 0.325 e. The predicted octanol–water partition coefficient (Wildman–Crippen LogP) is 5.44. The molecule has 0 aliphatic heterocycles. The lowest BCUT2D eigenvalue weighted by molar-refractivity contribution is 0.242. The second-order valence-electron chi connectivity index (χ2n) is 8.62. The Labute approximate surface area is 201 Å². The van der Waals surface area contributed by atoms with Crippen LogP contribution in [0.15, 0.2) is 65.3 Å². The number of hydrogen-bond acceptors (Lipinski definition) is 5. The van der Waals surface area contributed by atoms with Crippen molar-refractivity contribution in [1.29, 1.82) is 0 Å². The number of aryl methyl sites for hydroxylation is 1. The quantitative estimate of drug-likeness (QED) is 0.178. The molecule has 3 rings (SSSR count). The average molecular weight is 487 g/mol. The van der Waals surface area contributed by atoms with Crippen molar-refractivity contribution in [2.45, 2.75) is 45.8 Å².